The molecule has 0 spiro atoms. The van der Waals surface area contributed by atoms with Gasteiger partial charge in [0.15, 0.2) is 0 Å². The number of hydrogen-bond donors (Lipinski definition) is 0. The third-order valence-corrected chi connectivity index (χ3v) is 2.80. The third kappa shape index (κ3) is 5.55. The first-order valence-corrected chi connectivity index (χ1v) is 6.48. The highest BCUT2D eigenvalue weighted by Crippen LogP contribution is 2.12. The summed E-state index contributed by atoms with van der Waals surface area (Å²) in [6.45, 7) is 4.64. The summed E-state index contributed by atoms with van der Waals surface area (Å²) in [5.41, 5.74) is 1.14. The first-order chi connectivity index (χ1) is 9.02. The molecule has 0 bridgehead atoms. The number of rotatable bonds is 7. The molecule has 1 amide bonds. The number of amides is 1. The summed E-state index contributed by atoms with van der Waals surface area (Å²) in [6.07, 6.45) is 0.756. The van der Waals surface area contributed by atoms with Crippen LogP contribution in [0.1, 0.15) is 25.8 Å². The van der Waals surface area contributed by atoms with E-state index < -0.39 is 0 Å². The van der Waals surface area contributed by atoms with Crippen LogP contribution < -0.4 is 4.74 Å². The zero-order valence-corrected chi connectivity index (χ0v) is 11.8. The zero-order chi connectivity index (χ0) is 14.3. The fourth-order valence-corrected chi connectivity index (χ4v) is 1.69. The van der Waals surface area contributed by atoms with Gasteiger partial charge >= 0.3 is 0 Å². The molecule has 1 rings (SSSR count). The second-order valence-electron chi connectivity index (χ2n) is 4.52. The van der Waals surface area contributed by atoms with Gasteiger partial charge in [-0.05, 0) is 38.0 Å². The molecule has 0 saturated heterocycles. The van der Waals surface area contributed by atoms with E-state index in [1.54, 1.807) is 11.9 Å². The molecule has 1 aromatic carbocycles. The van der Waals surface area contributed by atoms with E-state index in [0.717, 1.165) is 17.7 Å². The van der Waals surface area contributed by atoms with E-state index in [1.807, 2.05) is 31.2 Å². The van der Waals surface area contributed by atoms with Gasteiger partial charge in [-0.1, -0.05) is 12.1 Å². The number of hydrogen-bond acceptors (Lipinski definition) is 3. The quantitative estimate of drug-likeness (QED) is 0.707. The summed E-state index contributed by atoms with van der Waals surface area (Å²) in [6, 6.07) is 7.84. The lowest BCUT2D eigenvalue weighted by molar-refractivity contribution is -0.133. The van der Waals surface area contributed by atoms with Crippen LogP contribution >= 0.6 is 0 Å². The van der Waals surface area contributed by atoms with Gasteiger partial charge < -0.3 is 9.64 Å². The second-order valence-corrected chi connectivity index (χ2v) is 4.52. The summed E-state index contributed by atoms with van der Waals surface area (Å²) in [4.78, 5) is 24.1. The first-order valence-electron chi connectivity index (χ1n) is 6.48. The van der Waals surface area contributed by atoms with E-state index in [0.29, 0.717) is 13.2 Å². The molecule has 0 aliphatic heterocycles. The van der Waals surface area contributed by atoms with Gasteiger partial charge in [0.05, 0.1) is 13.0 Å². The molecule has 0 aliphatic rings. The fraction of sp³-hybridized carbons (Fsp3) is 0.467. The van der Waals surface area contributed by atoms with Gasteiger partial charge in [-0.25, -0.2) is 0 Å². The van der Waals surface area contributed by atoms with Crippen molar-refractivity contribution in [3.63, 3.8) is 0 Å². The fourth-order valence-electron chi connectivity index (χ4n) is 1.69. The predicted octanol–water partition coefficient (Wildman–Crippen LogP) is 2.07. The standard InChI is InChI=1S/C15H21NO3/c1-4-19-14-7-5-13(6-8-14)9-10-16(3)15(18)11-12(2)17/h5-8H,4,9-11H2,1-3H3. The molecule has 0 N–H and O–H groups in total. The minimum Gasteiger partial charge on any atom is -0.494 e. The van der Waals surface area contributed by atoms with Crippen molar-refractivity contribution in [3.05, 3.63) is 29.8 Å². The monoisotopic (exact) mass is 263 g/mol. The number of carbonyl (C=O) groups excluding carboxylic acids is 2. The normalized spacial score (nSPS) is 10.1. The van der Waals surface area contributed by atoms with Gasteiger partial charge in [0.1, 0.15) is 11.5 Å². The molecule has 0 aliphatic carbocycles. The Bertz CT molecular complexity index is 426. The van der Waals surface area contributed by atoms with Crippen molar-refractivity contribution >= 4 is 11.7 Å². The lowest BCUT2D eigenvalue weighted by atomic mass is 10.1. The van der Waals surface area contributed by atoms with Crippen LogP contribution in [-0.4, -0.2) is 36.8 Å². The maximum atomic E-state index is 11.6. The smallest absolute Gasteiger partial charge is 0.229 e. The van der Waals surface area contributed by atoms with E-state index in [9.17, 15) is 9.59 Å². The van der Waals surface area contributed by atoms with Crippen molar-refractivity contribution in [2.45, 2.75) is 26.7 Å². The molecule has 0 saturated carbocycles. The molecular weight excluding hydrogens is 242 g/mol. The van der Waals surface area contributed by atoms with Gasteiger partial charge in [0.2, 0.25) is 5.91 Å². The minimum atomic E-state index is -0.126. The molecule has 0 radical (unpaired) electrons. The predicted molar refractivity (Wildman–Crippen MR) is 74.3 cm³/mol. The maximum Gasteiger partial charge on any atom is 0.229 e. The third-order valence-electron chi connectivity index (χ3n) is 2.80. The maximum absolute atomic E-state index is 11.6. The molecule has 1 aromatic rings. The van der Waals surface area contributed by atoms with Crippen LogP contribution in [0.15, 0.2) is 24.3 Å². The highest BCUT2D eigenvalue weighted by Gasteiger charge is 2.10. The van der Waals surface area contributed by atoms with Gasteiger partial charge in [0, 0.05) is 13.6 Å². The molecule has 0 unspecified atom stereocenters. The molecule has 4 nitrogen and oxygen atoms in total. The lowest BCUT2D eigenvalue weighted by Gasteiger charge is -2.16. The number of benzene rings is 1. The molecular formula is C15H21NO3. The van der Waals surface area contributed by atoms with E-state index in [-0.39, 0.29) is 18.1 Å². The Morgan fingerprint density at radius 3 is 2.37 bits per heavy atom. The average Bonchev–Trinajstić information content (AvgIpc) is 2.37. The number of ketones is 1. The Hall–Kier alpha value is -1.84. The number of ether oxygens (including phenoxy) is 1. The minimum absolute atomic E-state index is 0.0141. The SMILES string of the molecule is CCOc1ccc(CCN(C)C(=O)CC(C)=O)cc1. The van der Waals surface area contributed by atoms with E-state index in [4.69, 9.17) is 4.74 Å². The van der Waals surface area contributed by atoms with E-state index in [2.05, 4.69) is 0 Å². The van der Waals surface area contributed by atoms with E-state index in [1.165, 1.54) is 6.92 Å². The van der Waals surface area contributed by atoms with Crippen molar-refractivity contribution in [1.29, 1.82) is 0 Å². The van der Waals surface area contributed by atoms with Crippen molar-refractivity contribution in [2.75, 3.05) is 20.2 Å². The highest BCUT2D eigenvalue weighted by molar-refractivity contribution is 5.96. The van der Waals surface area contributed by atoms with Crippen LogP contribution in [0, 0.1) is 0 Å². The van der Waals surface area contributed by atoms with Gasteiger partial charge in [0.25, 0.3) is 0 Å². The van der Waals surface area contributed by atoms with Crippen LogP contribution in [0.2, 0.25) is 0 Å². The van der Waals surface area contributed by atoms with Crippen LogP contribution in [0.3, 0.4) is 0 Å². The highest BCUT2D eigenvalue weighted by atomic mass is 16.5. The van der Waals surface area contributed by atoms with Crippen molar-refractivity contribution in [1.82, 2.24) is 4.90 Å². The number of Topliss-reactive ketones (excluding diaryl/α,β-unsaturated/α-hetero) is 1. The summed E-state index contributed by atoms with van der Waals surface area (Å²) >= 11 is 0. The summed E-state index contributed by atoms with van der Waals surface area (Å²) < 4.78 is 5.37. The Labute approximate surface area is 114 Å². The summed E-state index contributed by atoms with van der Waals surface area (Å²) in [5, 5.41) is 0. The van der Waals surface area contributed by atoms with Gasteiger partial charge in [-0.2, -0.15) is 0 Å². The molecule has 0 heterocycles. The first kappa shape index (κ1) is 15.2. The molecule has 0 fully saturated rings. The molecule has 104 valence electrons. The number of likely N-dealkylation sites (N-methyl/N-ethyl adjacent to an activating group) is 1. The average molecular weight is 263 g/mol. The zero-order valence-electron chi connectivity index (χ0n) is 11.8. The number of nitrogens with zero attached hydrogens (tertiary/aromatic N) is 1. The molecule has 0 atom stereocenters. The van der Waals surface area contributed by atoms with Gasteiger partial charge in [-0.15, -0.1) is 0 Å². The topological polar surface area (TPSA) is 46.6 Å². The van der Waals surface area contributed by atoms with E-state index >= 15 is 0 Å². The van der Waals surface area contributed by atoms with Crippen molar-refractivity contribution in [2.24, 2.45) is 0 Å². The molecule has 0 aromatic heterocycles. The summed E-state index contributed by atoms with van der Waals surface area (Å²) in [5.74, 6) is 0.628. The Morgan fingerprint density at radius 1 is 1.21 bits per heavy atom. The lowest BCUT2D eigenvalue weighted by Crippen LogP contribution is -2.30. The van der Waals surface area contributed by atoms with Crippen LogP contribution in [0.25, 0.3) is 0 Å². The largest absolute Gasteiger partial charge is 0.494 e. The van der Waals surface area contributed by atoms with Crippen LogP contribution in [-0.2, 0) is 16.0 Å². The van der Waals surface area contributed by atoms with Crippen molar-refractivity contribution in [3.8, 4) is 5.75 Å². The van der Waals surface area contributed by atoms with Crippen LogP contribution in [0.5, 0.6) is 5.75 Å². The summed E-state index contributed by atoms with van der Waals surface area (Å²) in [7, 11) is 1.72. The Kier molecular flexibility index (Phi) is 6.06. The Balaban J connectivity index is 2.43. The molecule has 19 heavy (non-hydrogen) atoms. The second kappa shape index (κ2) is 7.56. The van der Waals surface area contributed by atoms with Crippen molar-refractivity contribution < 1.29 is 14.3 Å². The Morgan fingerprint density at radius 2 is 1.84 bits per heavy atom. The number of carbonyl (C=O) groups is 2. The van der Waals surface area contributed by atoms with Crippen LogP contribution in [0.4, 0.5) is 0 Å². The molecule has 4 heteroatoms. The van der Waals surface area contributed by atoms with Gasteiger partial charge in [-0.3, -0.25) is 9.59 Å².